The van der Waals surface area contributed by atoms with Crippen LogP contribution in [-0.4, -0.2) is 42.7 Å². The quantitative estimate of drug-likeness (QED) is 0.514. The number of aliphatic carboxylic acids is 1. The molecule has 1 aromatic rings. The average molecular weight is 389 g/mol. The predicted octanol–water partition coefficient (Wildman–Crippen LogP) is 2.38. The highest BCUT2D eigenvalue weighted by Crippen LogP contribution is 2.30. The van der Waals surface area contributed by atoms with E-state index in [1.807, 2.05) is 0 Å². The number of alkyl carbamates (subject to hydrolysis) is 1. The number of methoxy groups -OCH3 is 2. The van der Waals surface area contributed by atoms with E-state index in [4.69, 9.17) is 18.9 Å². The minimum absolute atomic E-state index is 0.252. The SMILES string of the molecule is COC(OC)(Oc1ccc([C@@H](NC(=O)OC(C)(C)C)C(=O)O)cc1)[PH2]=O. The summed E-state index contributed by atoms with van der Waals surface area (Å²) >= 11 is 0. The number of ether oxygens (including phenoxy) is 4. The molecule has 0 aromatic heterocycles. The molecule has 2 atom stereocenters. The van der Waals surface area contributed by atoms with Crippen LogP contribution in [0.1, 0.15) is 32.4 Å². The Balaban J connectivity index is 2.93. The second-order valence-electron chi connectivity index (χ2n) is 6.22. The first-order valence-corrected chi connectivity index (χ1v) is 8.68. The summed E-state index contributed by atoms with van der Waals surface area (Å²) in [5, 5.41) is 11.7. The lowest BCUT2D eigenvalue weighted by atomic mass is 10.1. The summed E-state index contributed by atoms with van der Waals surface area (Å²) < 4.78 is 31.7. The molecule has 0 aliphatic carbocycles. The first-order valence-electron chi connectivity index (χ1n) is 7.63. The van der Waals surface area contributed by atoms with Gasteiger partial charge < -0.3 is 33.9 Å². The number of rotatable bonds is 8. The molecule has 0 aliphatic heterocycles. The van der Waals surface area contributed by atoms with Crippen molar-refractivity contribution in [3.63, 3.8) is 0 Å². The fourth-order valence-corrected chi connectivity index (χ4v) is 2.27. The lowest BCUT2D eigenvalue weighted by Gasteiger charge is -2.26. The fourth-order valence-electron chi connectivity index (χ4n) is 1.89. The first kappa shape index (κ1) is 22.0. The molecule has 10 heteroatoms. The van der Waals surface area contributed by atoms with Gasteiger partial charge in [-0.15, -0.1) is 0 Å². The second kappa shape index (κ2) is 9.02. The Bertz CT molecular complexity index is 637. The molecule has 0 heterocycles. The summed E-state index contributed by atoms with van der Waals surface area (Å²) in [4.78, 5) is 23.3. The molecule has 0 bridgehead atoms. The molecule has 1 unspecified atom stereocenters. The molecule has 0 fully saturated rings. The number of carboxylic acids is 1. The minimum atomic E-state index is -1.69. The molecule has 1 aromatic carbocycles. The van der Waals surface area contributed by atoms with Crippen LogP contribution in [0, 0.1) is 0 Å². The lowest BCUT2D eigenvalue weighted by molar-refractivity contribution is -0.255. The van der Waals surface area contributed by atoms with E-state index in [9.17, 15) is 19.3 Å². The maximum Gasteiger partial charge on any atom is 0.408 e. The maximum atomic E-state index is 11.8. The van der Waals surface area contributed by atoms with Crippen molar-refractivity contribution < 1.29 is 38.2 Å². The molecule has 0 saturated heterocycles. The molecule has 1 rings (SSSR count). The number of hydrogen-bond acceptors (Lipinski definition) is 7. The maximum absolute atomic E-state index is 11.8. The van der Waals surface area contributed by atoms with Gasteiger partial charge in [0.15, 0.2) is 14.5 Å². The molecule has 2 N–H and O–H groups in total. The van der Waals surface area contributed by atoms with Gasteiger partial charge in [-0.25, -0.2) is 9.59 Å². The van der Waals surface area contributed by atoms with E-state index < -0.39 is 37.9 Å². The van der Waals surface area contributed by atoms with Crippen LogP contribution in [0.3, 0.4) is 0 Å². The van der Waals surface area contributed by atoms with E-state index >= 15 is 0 Å². The Kier molecular flexibility index (Phi) is 7.62. The highest BCUT2D eigenvalue weighted by molar-refractivity contribution is 7.25. The Labute approximate surface area is 152 Å². The fraction of sp³-hybridized carbons (Fsp3) is 0.500. The normalized spacial score (nSPS) is 13.4. The lowest BCUT2D eigenvalue weighted by Crippen LogP contribution is -2.38. The highest BCUT2D eigenvalue weighted by Gasteiger charge is 2.31. The number of carbonyl (C=O) groups excluding carboxylic acids is 1. The van der Waals surface area contributed by atoms with Gasteiger partial charge in [-0.3, -0.25) is 0 Å². The zero-order valence-corrected chi connectivity index (χ0v) is 16.4. The van der Waals surface area contributed by atoms with Gasteiger partial charge in [0, 0.05) is 14.2 Å². The third-order valence-electron chi connectivity index (χ3n) is 3.09. The standard InChI is InChI=1S/C16H24NO8P/c1-15(2,3)25-14(20)17-12(13(18)19)10-6-8-11(9-7-10)24-16(22-4,23-5)26-21/h6-9,12H,26H2,1-5H3,(H,17,20)(H,18,19)/t12-/m1/s1. The van der Waals surface area contributed by atoms with Gasteiger partial charge in [0.05, 0.1) is 0 Å². The zero-order valence-electron chi connectivity index (χ0n) is 15.3. The van der Waals surface area contributed by atoms with Crippen LogP contribution in [-0.2, 0) is 23.6 Å². The summed E-state index contributed by atoms with van der Waals surface area (Å²) in [6.07, 6.45) is -0.849. The predicted molar refractivity (Wildman–Crippen MR) is 94.0 cm³/mol. The molecular formula is C16H24NO8P. The Morgan fingerprint density at radius 3 is 2.04 bits per heavy atom. The summed E-state index contributed by atoms with van der Waals surface area (Å²) in [5.74, 6) is -1.00. The van der Waals surface area contributed by atoms with E-state index in [2.05, 4.69) is 5.32 Å². The Hall–Kier alpha value is -2.09. The van der Waals surface area contributed by atoms with Crippen molar-refractivity contribution in [2.24, 2.45) is 0 Å². The van der Waals surface area contributed by atoms with E-state index in [1.54, 1.807) is 20.8 Å². The van der Waals surface area contributed by atoms with Crippen LogP contribution in [0.25, 0.3) is 0 Å². The number of carboxylic acid groups (broad SMARTS) is 1. The largest absolute Gasteiger partial charge is 0.479 e. The van der Waals surface area contributed by atoms with Crippen molar-refractivity contribution in [3.05, 3.63) is 29.8 Å². The van der Waals surface area contributed by atoms with E-state index in [-0.39, 0.29) is 5.75 Å². The van der Waals surface area contributed by atoms with Crippen molar-refractivity contribution in [2.45, 2.75) is 38.1 Å². The Morgan fingerprint density at radius 2 is 1.65 bits per heavy atom. The van der Waals surface area contributed by atoms with E-state index in [0.717, 1.165) is 0 Å². The van der Waals surface area contributed by atoms with E-state index in [1.165, 1.54) is 38.5 Å². The molecule has 1 amide bonds. The number of amides is 1. The monoisotopic (exact) mass is 389 g/mol. The summed E-state index contributed by atoms with van der Waals surface area (Å²) in [5.41, 5.74) is -2.15. The molecular weight excluding hydrogens is 365 g/mol. The van der Waals surface area contributed by atoms with Crippen molar-refractivity contribution in [3.8, 4) is 5.75 Å². The Morgan fingerprint density at radius 1 is 1.12 bits per heavy atom. The summed E-state index contributed by atoms with van der Waals surface area (Å²) in [6, 6.07) is 4.48. The van der Waals surface area contributed by atoms with Crippen molar-refractivity contribution in [1.82, 2.24) is 5.32 Å². The van der Waals surface area contributed by atoms with Crippen molar-refractivity contribution >= 4 is 20.5 Å². The zero-order chi connectivity index (χ0) is 20.0. The van der Waals surface area contributed by atoms with Gasteiger partial charge in [-0.1, -0.05) is 12.1 Å². The van der Waals surface area contributed by atoms with Gasteiger partial charge in [-0.2, -0.15) is 0 Å². The number of benzene rings is 1. The molecule has 146 valence electrons. The van der Waals surface area contributed by atoms with Crippen LogP contribution in [0.15, 0.2) is 24.3 Å². The summed E-state index contributed by atoms with van der Waals surface area (Å²) in [6.45, 7) is 5.01. The van der Waals surface area contributed by atoms with Gasteiger partial charge >= 0.3 is 17.8 Å². The van der Waals surface area contributed by atoms with Gasteiger partial charge in [0.25, 0.3) is 0 Å². The van der Waals surface area contributed by atoms with Crippen LogP contribution < -0.4 is 10.1 Å². The first-order chi connectivity index (χ1) is 12.1. The van der Waals surface area contributed by atoms with Gasteiger partial charge in [0.2, 0.25) is 0 Å². The number of nitrogens with one attached hydrogen (secondary N) is 1. The van der Waals surface area contributed by atoms with Gasteiger partial charge in [0.1, 0.15) is 11.4 Å². The second-order valence-corrected chi connectivity index (χ2v) is 7.16. The molecule has 0 aliphatic rings. The molecule has 26 heavy (non-hydrogen) atoms. The number of carbonyl (C=O) groups is 2. The van der Waals surface area contributed by atoms with Crippen LogP contribution in [0.2, 0.25) is 0 Å². The van der Waals surface area contributed by atoms with E-state index in [0.29, 0.717) is 5.56 Å². The minimum Gasteiger partial charge on any atom is -0.479 e. The molecule has 0 saturated carbocycles. The van der Waals surface area contributed by atoms with Crippen LogP contribution in [0.4, 0.5) is 4.79 Å². The topological polar surface area (TPSA) is 120 Å². The number of hydrogen-bond donors (Lipinski definition) is 2. The molecule has 0 radical (unpaired) electrons. The van der Waals surface area contributed by atoms with Crippen LogP contribution >= 0.6 is 8.46 Å². The van der Waals surface area contributed by atoms with Crippen LogP contribution in [0.5, 0.6) is 5.75 Å². The third kappa shape index (κ3) is 6.33. The van der Waals surface area contributed by atoms with Crippen molar-refractivity contribution in [2.75, 3.05) is 14.2 Å². The van der Waals surface area contributed by atoms with Gasteiger partial charge in [-0.05, 0) is 38.5 Å². The molecule has 0 spiro atoms. The third-order valence-corrected chi connectivity index (χ3v) is 3.97. The smallest absolute Gasteiger partial charge is 0.408 e. The highest BCUT2D eigenvalue weighted by atomic mass is 31.1. The average Bonchev–Trinajstić information content (AvgIpc) is 2.57. The summed E-state index contributed by atoms with van der Waals surface area (Å²) in [7, 11) is 1.00. The van der Waals surface area contributed by atoms with Crippen molar-refractivity contribution in [1.29, 1.82) is 0 Å². The molecule has 9 nitrogen and oxygen atoms in total.